The lowest BCUT2D eigenvalue weighted by molar-refractivity contribution is 0.403. The molecule has 5 heteroatoms. The third-order valence-electron chi connectivity index (χ3n) is 3.31. The van der Waals surface area contributed by atoms with Crippen LogP contribution in [0.4, 0.5) is 5.95 Å². The van der Waals surface area contributed by atoms with Crippen molar-refractivity contribution < 1.29 is 0 Å². The van der Waals surface area contributed by atoms with Crippen molar-refractivity contribution in [3.05, 3.63) is 23.9 Å². The summed E-state index contributed by atoms with van der Waals surface area (Å²) in [6.07, 6.45) is 2.01. The molecule has 1 fully saturated rings. The molecule has 2 atom stereocenters. The molecule has 3 heterocycles. The van der Waals surface area contributed by atoms with Gasteiger partial charge in [0.05, 0.1) is 0 Å². The number of fused-ring (bicyclic) bond motifs is 1. The normalized spacial score (nSPS) is 24.7. The maximum Gasteiger partial charge on any atom is 0.245 e. The van der Waals surface area contributed by atoms with Gasteiger partial charge in [-0.15, -0.1) is 5.10 Å². The van der Waals surface area contributed by atoms with Crippen LogP contribution in [0.15, 0.2) is 18.3 Å². The van der Waals surface area contributed by atoms with Crippen LogP contribution in [-0.4, -0.2) is 39.8 Å². The molecule has 0 spiro atoms. The molecule has 0 radical (unpaired) electrons. The third kappa shape index (κ3) is 2.06. The van der Waals surface area contributed by atoms with Gasteiger partial charge < -0.3 is 10.2 Å². The van der Waals surface area contributed by atoms with E-state index in [0.29, 0.717) is 12.1 Å². The zero-order valence-electron chi connectivity index (χ0n) is 11.1. The first kappa shape index (κ1) is 11.5. The molecule has 0 amide bonds. The minimum Gasteiger partial charge on any atom is -0.336 e. The largest absolute Gasteiger partial charge is 0.336 e. The van der Waals surface area contributed by atoms with Crippen LogP contribution in [-0.2, 0) is 0 Å². The molecule has 0 aliphatic carbocycles. The summed E-state index contributed by atoms with van der Waals surface area (Å²) in [5.41, 5.74) is 2.11. The van der Waals surface area contributed by atoms with Gasteiger partial charge in [0.1, 0.15) is 0 Å². The van der Waals surface area contributed by atoms with Crippen molar-refractivity contribution in [2.45, 2.75) is 32.9 Å². The lowest BCUT2D eigenvalue weighted by Gasteiger charge is -2.35. The fraction of sp³-hybridized carbons (Fsp3) is 0.538. The Morgan fingerprint density at radius 1 is 1.22 bits per heavy atom. The Labute approximate surface area is 107 Å². The summed E-state index contributed by atoms with van der Waals surface area (Å²) in [7, 11) is 0. The number of nitrogens with one attached hydrogen (secondary N) is 1. The summed E-state index contributed by atoms with van der Waals surface area (Å²) in [6, 6.07) is 5.03. The summed E-state index contributed by atoms with van der Waals surface area (Å²) in [4.78, 5) is 6.85. The number of rotatable bonds is 1. The second-order valence-corrected chi connectivity index (χ2v) is 5.29. The monoisotopic (exact) mass is 245 g/mol. The number of hydrogen-bond acceptors (Lipinski definition) is 4. The van der Waals surface area contributed by atoms with Crippen molar-refractivity contribution in [3.63, 3.8) is 0 Å². The Morgan fingerprint density at radius 2 is 1.94 bits per heavy atom. The molecule has 1 saturated heterocycles. The maximum atomic E-state index is 4.60. The van der Waals surface area contributed by atoms with E-state index in [1.807, 2.05) is 16.8 Å². The van der Waals surface area contributed by atoms with Crippen molar-refractivity contribution in [1.82, 2.24) is 19.9 Å². The first-order valence-corrected chi connectivity index (χ1v) is 6.46. The number of anilines is 1. The summed E-state index contributed by atoms with van der Waals surface area (Å²) in [6.45, 7) is 8.38. The SMILES string of the molecule is Cc1ccc2nc(N3CC(C)NC(C)C3)nn2c1. The van der Waals surface area contributed by atoms with Crippen molar-refractivity contribution in [1.29, 1.82) is 0 Å². The number of hydrogen-bond donors (Lipinski definition) is 1. The molecule has 18 heavy (non-hydrogen) atoms. The van der Waals surface area contributed by atoms with E-state index in [2.05, 4.69) is 47.1 Å². The second kappa shape index (κ2) is 4.24. The minimum atomic E-state index is 0.474. The zero-order valence-corrected chi connectivity index (χ0v) is 11.1. The van der Waals surface area contributed by atoms with Crippen molar-refractivity contribution >= 4 is 11.6 Å². The predicted octanol–water partition coefficient (Wildman–Crippen LogP) is 1.22. The fourth-order valence-corrected chi connectivity index (χ4v) is 2.60. The van der Waals surface area contributed by atoms with E-state index in [-0.39, 0.29) is 0 Å². The van der Waals surface area contributed by atoms with Gasteiger partial charge in [0.25, 0.3) is 0 Å². The van der Waals surface area contributed by atoms with Crippen LogP contribution >= 0.6 is 0 Å². The molecule has 1 aliphatic rings. The zero-order chi connectivity index (χ0) is 12.7. The number of piperazine rings is 1. The van der Waals surface area contributed by atoms with E-state index in [1.165, 1.54) is 5.56 Å². The Hall–Kier alpha value is -1.62. The standard InChI is InChI=1S/C13H19N5/c1-9-4-5-12-15-13(16-18(12)6-9)17-7-10(2)14-11(3)8-17/h4-6,10-11,14H,7-8H2,1-3H3. The molecule has 2 unspecified atom stereocenters. The Kier molecular flexibility index (Phi) is 2.70. The van der Waals surface area contributed by atoms with Gasteiger partial charge in [-0.05, 0) is 32.4 Å². The Bertz CT molecular complexity index is 552. The van der Waals surface area contributed by atoms with Gasteiger partial charge in [-0.2, -0.15) is 4.98 Å². The Morgan fingerprint density at radius 3 is 2.67 bits per heavy atom. The summed E-state index contributed by atoms with van der Waals surface area (Å²) in [5.74, 6) is 0.834. The van der Waals surface area contributed by atoms with Gasteiger partial charge in [0, 0.05) is 31.4 Å². The topological polar surface area (TPSA) is 45.5 Å². The second-order valence-electron chi connectivity index (χ2n) is 5.29. The van der Waals surface area contributed by atoms with Crippen LogP contribution in [0.25, 0.3) is 5.65 Å². The highest BCUT2D eigenvalue weighted by atomic mass is 15.4. The molecule has 2 aromatic rings. The van der Waals surface area contributed by atoms with Gasteiger partial charge in [-0.3, -0.25) is 0 Å². The van der Waals surface area contributed by atoms with Crippen LogP contribution in [0, 0.1) is 6.92 Å². The van der Waals surface area contributed by atoms with Crippen LogP contribution in [0.5, 0.6) is 0 Å². The number of nitrogens with zero attached hydrogens (tertiary/aromatic N) is 4. The van der Waals surface area contributed by atoms with Gasteiger partial charge >= 0.3 is 0 Å². The van der Waals surface area contributed by atoms with Gasteiger partial charge in [-0.1, -0.05) is 6.07 Å². The fourth-order valence-electron chi connectivity index (χ4n) is 2.60. The molecule has 3 rings (SSSR count). The average molecular weight is 245 g/mol. The van der Waals surface area contributed by atoms with E-state index >= 15 is 0 Å². The molecule has 2 aromatic heterocycles. The van der Waals surface area contributed by atoms with Crippen LogP contribution in [0.3, 0.4) is 0 Å². The van der Waals surface area contributed by atoms with Crippen molar-refractivity contribution in [2.24, 2.45) is 0 Å². The van der Waals surface area contributed by atoms with Gasteiger partial charge in [-0.25, -0.2) is 4.52 Å². The van der Waals surface area contributed by atoms with Crippen molar-refractivity contribution in [3.8, 4) is 0 Å². The van der Waals surface area contributed by atoms with Crippen LogP contribution < -0.4 is 10.2 Å². The lowest BCUT2D eigenvalue weighted by atomic mass is 10.1. The molecule has 1 N–H and O–H groups in total. The number of aromatic nitrogens is 3. The smallest absolute Gasteiger partial charge is 0.245 e. The lowest BCUT2D eigenvalue weighted by Crippen LogP contribution is -2.54. The van der Waals surface area contributed by atoms with Gasteiger partial charge in [0.2, 0.25) is 5.95 Å². The molecule has 0 aromatic carbocycles. The third-order valence-corrected chi connectivity index (χ3v) is 3.31. The van der Waals surface area contributed by atoms with E-state index in [1.54, 1.807) is 0 Å². The molecule has 0 bridgehead atoms. The van der Waals surface area contributed by atoms with Crippen LogP contribution in [0.1, 0.15) is 19.4 Å². The number of pyridine rings is 1. The highest BCUT2D eigenvalue weighted by molar-refractivity contribution is 5.45. The Balaban J connectivity index is 1.93. The molecule has 0 saturated carbocycles. The molecular weight excluding hydrogens is 226 g/mol. The summed E-state index contributed by atoms with van der Waals surface area (Å²) >= 11 is 0. The van der Waals surface area contributed by atoms with E-state index in [9.17, 15) is 0 Å². The van der Waals surface area contributed by atoms with Crippen molar-refractivity contribution in [2.75, 3.05) is 18.0 Å². The molecule has 1 aliphatic heterocycles. The quantitative estimate of drug-likeness (QED) is 0.820. The van der Waals surface area contributed by atoms with Crippen LogP contribution in [0.2, 0.25) is 0 Å². The maximum absolute atomic E-state index is 4.60. The highest BCUT2D eigenvalue weighted by Crippen LogP contribution is 2.15. The van der Waals surface area contributed by atoms with E-state index < -0.39 is 0 Å². The van der Waals surface area contributed by atoms with Gasteiger partial charge in [0.15, 0.2) is 5.65 Å². The molecule has 5 nitrogen and oxygen atoms in total. The van der Waals surface area contributed by atoms with E-state index in [4.69, 9.17) is 0 Å². The number of aryl methyl sites for hydroxylation is 1. The first-order chi connectivity index (χ1) is 8.61. The first-order valence-electron chi connectivity index (χ1n) is 6.46. The molecule has 96 valence electrons. The summed E-state index contributed by atoms with van der Waals surface area (Å²) < 4.78 is 1.86. The van der Waals surface area contributed by atoms with E-state index in [0.717, 1.165) is 24.7 Å². The average Bonchev–Trinajstić information content (AvgIpc) is 2.70. The predicted molar refractivity (Wildman–Crippen MR) is 72.0 cm³/mol. The minimum absolute atomic E-state index is 0.474. The molecular formula is C13H19N5. The summed E-state index contributed by atoms with van der Waals surface area (Å²) in [5, 5.41) is 8.09. The highest BCUT2D eigenvalue weighted by Gasteiger charge is 2.23.